The largest absolute Gasteiger partial charge is 0.325 e. The van der Waals surface area contributed by atoms with Crippen LogP contribution in [0.3, 0.4) is 0 Å². The lowest BCUT2D eigenvalue weighted by atomic mass is 10.1. The molecule has 1 aliphatic heterocycles. The number of rotatable bonds is 7. The summed E-state index contributed by atoms with van der Waals surface area (Å²) in [4.78, 5) is 12.5. The number of nitriles is 1. The molecule has 0 spiro atoms. The van der Waals surface area contributed by atoms with E-state index in [-0.39, 0.29) is 23.3 Å². The van der Waals surface area contributed by atoms with Gasteiger partial charge in [0.05, 0.1) is 28.4 Å². The Morgan fingerprint density at radius 3 is 2.76 bits per heavy atom. The predicted molar refractivity (Wildman–Crippen MR) is 111 cm³/mol. The Balaban J connectivity index is 1.72. The van der Waals surface area contributed by atoms with E-state index in [1.165, 1.54) is 11.8 Å². The Bertz CT molecular complexity index is 1050. The molecule has 10 heteroatoms. The number of carbonyl (C=O) groups is 1. The third-order valence-electron chi connectivity index (χ3n) is 4.59. The van der Waals surface area contributed by atoms with E-state index in [0.717, 1.165) is 0 Å². The summed E-state index contributed by atoms with van der Waals surface area (Å²) in [6.45, 7) is 5.95. The van der Waals surface area contributed by atoms with Crippen molar-refractivity contribution in [2.75, 3.05) is 16.8 Å². The van der Waals surface area contributed by atoms with Crippen LogP contribution < -0.4 is 5.32 Å². The molecule has 152 valence electrons. The van der Waals surface area contributed by atoms with Crippen molar-refractivity contribution < 1.29 is 13.2 Å². The summed E-state index contributed by atoms with van der Waals surface area (Å²) < 4.78 is 25.5. The number of amides is 1. The Labute approximate surface area is 173 Å². The number of carbonyl (C=O) groups excluding carboxylic acids is 1. The zero-order chi connectivity index (χ0) is 21.0. The van der Waals surface area contributed by atoms with Crippen LogP contribution in [0.1, 0.15) is 30.7 Å². The van der Waals surface area contributed by atoms with Gasteiger partial charge in [0.2, 0.25) is 5.91 Å². The maximum Gasteiger partial charge on any atom is 0.237 e. The van der Waals surface area contributed by atoms with E-state index in [1.807, 2.05) is 10.6 Å². The molecule has 2 atom stereocenters. The molecule has 29 heavy (non-hydrogen) atoms. The van der Waals surface area contributed by atoms with E-state index < -0.39 is 15.1 Å². The maximum atomic E-state index is 12.5. The van der Waals surface area contributed by atoms with Crippen LogP contribution in [0.2, 0.25) is 0 Å². The molecule has 0 radical (unpaired) electrons. The lowest BCUT2D eigenvalue weighted by Crippen LogP contribution is -2.23. The summed E-state index contributed by atoms with van der Waals surface area (Å²) in [5.74, 6) is 0.446. The number of nitrogens with zero attached hydrogens (tertiary/aromatic N) is 4. The van der Waals surface area contributed by atoms with E-state index in [0.29, 0.717) is 35.2 Å². The molecule has 1 aliphatic rings. The average Bonchev–Trinajstić information content (AvgIpc) is 3.25. The van der Waals surface area contributed by atoms with Gasteiger partial charge in [0.1, 0.15) is 5.82 Å². The molecule has 1 fully saturated rings. The van der Waals surface area contributed by atoms with Gasteiger partial charge in [-0.15, -0.1) is 16.8 Å². The highest BCUT2D eigenvalue weighted by Crippen LogP contribution is 2.31. The number of sulfone groups is 1. The van der Waals surface area contributed by atoms with Crippen molar-refractivity contribution in [1.82, 2.24) is 14.8 Å². The van der Waals surface area contributed by atoms with Gasteiger partial charge in [-0.25, -0.2) is 8.42 Å². The fourth-order valence-electron chi connectivity index (χ4n) is 3.07. The van der Waals surface area contributed by atoms with Gasteiger partial charge in [-0.3, -0.25) is 4.79 Å². The molecule has 2 heterocycles. The highest BCUT2D eigenvalue weighted by Gasteiger charge is 2.33. The fourth-order valence-corrected chi connectivity index (χ4v) is 5.68. The molecule has 0 saturated carbocycles. The van der Waals surface area contributed by atoms with Crippen molar-refractivity contribution >= 4 is 33.2 Å². The zero-order valence-electron chi connectivity index (χ0n) is 15.9. The van der Waals surface area contributed by atoms with Gasteiger partial charge in [-0.1, -0.05) is 17.8 Å². The fraction of sp³-hybridized carbons (Fsp3) is 0.368. The summed E-state index contributed by atoms with van der Waals surface area (Å²) in [6, 6.07) is 8.65. The minimum absolute atomic E-state index is 0.0711. The van der Waals surface area contributed by atoms with Gasteiger partial charge in [0.25, 0.3) is 0 Å². The molecule has 1 aromatic heterocycles. The number of nitrogens with one attached hydrogen (secondary N) is 1. The summed E-state index contributed by atoms with van der Waals surface area (Å²) in [5.41, 5.74) is 1.12. The Kier molecular flexibility index (Phi) is 6.39. The van der Waals surface area contributed by atoms with Crippen molar-refractivity contribution in [2.24, 2.45) is 0 Å². The highest BCUT2D eigenvalue weighted by atomic mass is 32.2. The first-order valence-electron chi connectivity index (χ1n) is 9.05. The Morgan fingerprint density at radius 1 is 1.45 bits per heavy atom. The minimum atomic E-state index is -3.04. The molecule has 0 unspecified atom stereocenters. The van der Waals surface area contributed by atoms with E-state index >= 15 is 0 Å². The van der Waals surface area contributed by atoms with Crippen molar-refractivity contribution in [3.63, 3.8) is 0 Å². The monoisotopic (exact) mass is 431 g/mol. The summed E-state index contributed by atoms with van der Waals surface area (Å²) in [6.07, 6.45) is 2.22. The highest BCUT2D eigenvalue weighted by molar-refractivity contribution is 8.00. The lowest BCUT2D eigenvalue weighted by molar-refractivity contribution is -0.115. The SMILES string of the molecule is C=CCn1c(S[C@@H](C)C(=O)Nc2ccc(C#N)cc2)nnc1[C@H]1CCS(=O)(=O)C1. The molecule has 0 aliphatic carbocycles. The van der Waals surface area contributed by atoms with Crippen LogP contribution in [0.25, 0.3) is 0 Å². The van der Waals surface area contributed by atoms with E-state index in [1.54, 1.807) is 37.3 Å². The lowest BCUT2D eigenvalue weighted by Gasteiger charge is -2.14. The number of hydrogen-bond donors (Lipinski definition) is 1. The molecule has 1 N–H and O–H groups in total. The van der Waals surface area contributed by atoms with Crippen LogP contribution in [0.4, 0.5) is 5.69 Å². The van der Waals surface area contributed by atoms with Gasteiger partial charge in [-0.2, -0.15) is 5.26 Å². The standard InChI is InChI=1S/C19H21N5O3S2/c1-3-9-24-17(15-8-10-29(26,27)12-15)22-23-19(24)28-13(2)18(25)21-16-6-4-14(11-20)5-7-16/h3-7,13,15H,1,8-10,12H2,2H3,(H,21,25)/t13-,15-/m0/s1. The van der Waals surface area contributed by atoms with Crippen molar-refractivity contribution in [2.45, 2.75) is 36.2 Å². The molecule has 8 nitrogen and oxygen atoms in total. The summed E-state index contributed by atoms with van der Waals surface area (Å²) >= 11 is 1.25. The van der Waals surface area contributed by atoms with Crippen LogP contribution in [0, 0.1) is 11.3 Å². The van der Waals surface area contributed by atoms with Crippen LogP contribution in [0.15, 0.2) is 42.1 Å². The smallest absolute Gasteiger partial charge is 0.237 e. The molecule has 3 rings (SSSR count). The van der Waals surface area contributed by atoms with Gasteiger partial charge in [-0.05, 0) is 37.6 Å². The molecule has 1 amide bonds. The molecule has 1 aromatic carbocycles. The van der Waals surface area contributed by atoms with Gasteiger partial charge in [0.15, 0.2) is 15.0 Å². The second kappa shape index (κ2) is 8.80. The van der Waals surface area contributed by atoms with E-state index in [9.17, 15) is 13.2 Å². The molecular formula is C19H21N5O3S2. The van der Waals surface area contributed by atoms with Crippen LogP contribution in [-0.2, 0) is 21.2 Å². The quantitative estimate of drug-likeness (QED) is 0.528. The van der Waals surface area contributed by atoms with Crippen molar-refractivity contribution in [3.05, 3.63) is 48.3 Å². The maximum absolute atomic E-state index is 12.5. The van der Waals surface area contributed by atoms with Crippen LogP contribution in [-0.4, -0.2) is 45.8 Å². The molecule has 0 bridgehead atoms. The summed E-state index contributed by atoms with van der Waals surface area (Å²) in [5, 5.41) is 20.2. The zero-order valence-corrected chi connectivity index (χ0v) is 17.5. The molecule has 2 aromatic rings. The third-order valence-corrected chi connectivity index (χ3v) is 7.44. The normalized spacial score (nSPS) is 18.7. The van der Waals surface area contributed by atoms with Crippen LogP contribution >= 0.6 is 11.8 Å². The van der Waals surface area contributed by atoms with Gasteiger partial charge >= 0.3 is 0 Å². The average molecular weight is 432 g/mol. The van der Waals surface area contributed by atoms with Gasteiger partial charge in [0, 0.05) is 18.2 Å². The van der Waals surface area contributed by atoms with Crippen molar-refractivity contribution in [1.29, 1.82) is 5.26 Å². The predicted octanol–water partition coefficient (Wildman–Crippen LogP) is 2.36. The number of aromatic nitrogens is 3. The molecule has 1 saturated heterocycles. The van der Waals surface area contributed by atoms with Crippen molar-refractivity contribution in [3.8, 4) is 6.07 Å². The number of benzene rings is 1. The molecular weight excluding hydrogens is 410 g/mol. The second-order valence-electron chi connectivity index (χ2n) is 6.78. The first-order valence-corrected chi connectivity index (χ1v) is 11.7. The van der Waals surface area contributed by atoms with E-state index in [4.69, 9.17) is 5.26 Å². The second-order valence-corrected chi connectivity index (χ2v) is 10.3. The topological polar surface area (TPSA) is 118 Å². The minimum Gasteiger partial charge on any atom is -0.325 e. The number of allylic oxidation sites excluding steroid dienone is 1. The Morgan fingerprint density at radius 2 is 2.17 bits per heavy atom. The Hall–Kier alpha value is -2.64. The van der Waals surface area contributed by atoms with E-state index in [2.05, 4.69) is 22.1 Å². The first kappa shape index (κ1) is 21.1. The number of hydrogen-bond acceptors (Lipinski definition) is 7. The number of thioether (sulfide) groups is 1. The number of anilines is 1. The van der Waals surface area contributed by atoms with Crippen LogP contribution in [0.5, 0.6) is 0 Å². The summed E-state index contributed by atoms with van der Waals surface area (Å²) in [7, 11) is -3.04. The first-order chi connectivity index (χ1) is 13.8. The van der Waals surface area contributed by atoms with Gasteiger partial charge < -0.3 is 9.88 Å². The third kappa shape index (κ3) is 5.05.